The molecule has 36 heavy (non-hydrogen) atoms. The Balaban J connectivity index is 1.62. The van der Waals surface area contributed by atoms with Gasteiger partial charge >= 0.3 is 0 Å². The third-order valence-electron chi connectivity index (χ3n) is 6.57. The van der Waals surface area contributed by atoms with E-state index >= 15 is 0 Å². The van der Waals surface area contributed by atoms with Crippen LogP contribution in [0.1, 0.15) is 60.8 Å². The summed E-state index contributed by atoms with van der Waals surface area (Å²) < 4.78 is 3.98. The molecule has 1 saturated heterocycles. The second-order valence-electron chi connectivity index (χ2n) is 8.96. The zero-order chi connectivity index (χ0) is 25.5. The second kappa shape index (κ2) is 12.1. The Morgan fingerprint density at radius 1 is 0.944 bits per heavy atom. The van der Waals surface area contributed by atoms with Gasteiger partial charge in [-0.05, 0) is 79.2 Å². The summed E-state index contributed by atoms with van der Waals surface area (Å²) >= 11 is 1.39. The van der Waals surface area contributed by atoms with Gasteiger partial charge in [0.2, 0.25) is 5.91 Å². The quantitative estimate of drug-likeness (QED) is 0.464. The minimum Gasteiger partial charge on any atom is -0.339 e. The lowest BCUT2D eigenvalue weighted by molar-refractivity contribution is -0.114. The van der Waals surface area contributed by atoms with Crippen molar-refractivity contribution in [1.29, 1.82) is 0 Å². The lowest BCUT2D eigenvalue weighted by atomic mass is 9.88. The van der Waals surface area contributed by atoms with Crippen molar-refractivity contribution >= 4 is 34.6 Å². The number of hydrogen-bond donors (Lipinski definition) is 1. The lowest BCUT2D eigenvalue weighted by Gasteiger charge is -2.29. The molecule has 2 heterocycles. The molecule has 0 atom stereocenters. The maximum absolute atomic E-state index is 12.8. The fourth-order valence-corrected chi connectivity index (χ4v) is 5.13. The van der Waals surface area contributed by atoms with Crippen LogP contribution in [0.4, 0.5) is 5.69 Å². The van der Waals surface area contributed by atoms with Crippen LogP contribution in [0, 0.1) is 0 Å². The number of hydrogen-bond acceptors (Lipinski definition) is 6. The molecule has 1 aromatic heterocycles. The second-order valence-corrected chi connectivity index (χ2v) is 9.57. The number of benzene rings is 2. The molecule has 4 rings (SSSR count). The van der Waals surface area contributed by atoms with E-state index in [1.807, 2.05) is 48.4 Å². The Kier molecular flexibility index (Phi) is 8.61. The number of anilines is 1. The molecular formula is C28H33N5O2S. The summed E-state index contributed by atoms with van der Waals surface area (Å²) in [7, 11) is 0. The third-order valence-corrected chi connectivity index (χ3v) is 7.12. The van der Waals surface area contributed by atoms with Gasteiger partial charge in [0.15, 0.2) is 0 Å². The highest BCUT2D eigenvalue weighted by atomic mass is 32.1. The average molecular weight is 504 g/mol. The molecule has 2 amide bonds. The first-order chi connectivity index (χ1) is 17.5. The maximum Gasteiger partial charge on any atom is 0.253 e. The Bertz CT molecular complexity index is 1190. The summed E-state index contributed by atoms with van der Waals surface area (Å²) in [6.45, 7) is 9.64. The van der Waals surface area contributed by atoms with E-state index in [0.717, 1.165) is 55.0 Å². The molecule has 188 valence electrons. The van der Waals surface area contributed by atoms with Gasteiger partial charge in [-0.15, -0.1) is 5.10 Å². The van der Waals surface area contributed by atoms with Crippen LogP contribution in [0.25, 0.3) is 5.57 Å². The first-order valence-electron chi connectivity index (χ1n) is 12.5. The minimum atomic E-state index is -0.0857. The van der Waals surface area contributed by atoms with Crippen LogP contribution >= 0.6 is 11.5 Å². The summed E-state index contributed by atoms with van der Waals surface area (Å²) in [6, 6.07) is 16.0. The van der Waals surface area contributed by atoms with E-state index in [4.69, 9.17) is 0 Å². The maximum atomic E-state index is 12.8. The highest BCUT2D eigenvalue weighted by molar-refractivity contribution is 7.03. The molecule has 0 aliphatic carbocycles. The van der Waals surface area contributed by atoms with Gasteiger partial charge in [0.05, 0.1) is 5.69 Å². The fraction of sp³-hybridized carbons (Fsp3) is 0.357. The molecule has 1 aliphatic rings. The summed E-state index contributed by atoms with van der Waals surface area (Å²) in [5.41, 5.74) is 7.33. The van der Waals surface area contributed by atoms with E-state index in [2.05, 4.69) is 44.1 Å². The molecule has 1 N–H and O–H groups in total. The number of carbonyl (C=O) groups excluding carboxylic acids is 2. The topological polar surface area (TPSA) is 78.4 Å². The molecule has 1 fully saturated rings. The number of nitrogens with one attached hydrogen (secondary N) is 1. The number of nitrogens with zero attached hydrogens (tertiary/aromatic N) is 4. The van der Waals surface area contributed by atoms with Crippen molar-refractivity contribution in [3.63, 3.8) is 0 Å². The predicted molar refractivity (Wildman–Crippen MR) is 145 cm³/mol. The molecule has 0 saturated carbocycles. The number of carbonyl (C=O) groups is 2. The summed E-state index contributed by atoms with van der Waals surface area (Å²) in [5, 5.41) is 9.04. The molecular weight excluding hydrogens is 470 g/mol. The van der Waals surface area contributed by atoms with Gasteiger partial charge in [0, 0.05) is 56.3 Å². The molecule has 0 radical (unpaired) electrons. The van der Waals surface area contributed by atoms with E-state index in [0.29, 0.717) is 18.7 Å². The molecule has 8 heteroatoms. The van der Waals surface area contributed by atoms with Crippen molar-refractivity contribution in [2.24, 2.45) is 0 Å². The van der Waals surface area contributed by atoms with Crippen molar-refractivity contribution in [2.75, 3.05) is 31.5 Å². The SMILES string of the molecule is CCN(CC)C(=O)c1ccc(C(=C2CCN(Cc3csnn3)CC2)c2ccc(NC(C)=O)cc2)cc1. The Morgan fingerprint density at radius 3 is 2.06 bits per heavy atom. The molecule has 0 unspecified atom stereocenters. The summed E-state index contributed by atoms with van der Waals surface area (Å²) in [4.78, 5) is 28.5. The third kappa shape index (κ3) is 6.25. The Hall–Kier alpha value is -3.36. The van der Waals surface area contributed by atoms with Crippen LogP contribution in [0.15, 0.2) is 59.5 Å². The van der Waals surface area contributed by atoms with Gasteiger partial charge in [0.25, 0.3) is 5.91 Å². The van der Waals surface area contributed by atoms with Gasteiger partial charge in [-0.3, -0.25) is 14.5 Å². The van der Waals surface area contributed by atoms with E-state index in [9.17, 15) is 9.59 Å². The normalized spacial score (nSPS) is 13.9. The van der Waals surface area contributed by atoms with Crippen molar-refractivity contribution in [2.45, 2.75) is 40.2 Å². The number of amides is 2. The number of piperidine rings is 1. The standard InChI is InChI=1S/C28H33N5O2S/c1-4-33(5-2)28(35)24-8-6-21(7-9-24)27(22-10-12-25(13-11-22)29-20(3)34)23-14-16-32(17-15-23)18-26-19-36-31-30-26/h6-13,19H,4-5,14-18H2,1-3H3,(H,29,34). The van der Waals surface area contributed by atoms with E-state index < -0.39 is 0 Å². The first kappa shape index (κ1) is 25.7. The van der Waals surface area contributed by atoms with Crippen molar-refractivity contribution < 1.29 is 9.59 Å². The largest absolute Gasteiger partial charge is 0.339 e. The summed E-state index contributed by atoms with van der Waals surface area (Å²) in [6.07, 6.45) is 1.92. The van der Waals surface area contributed by atoms with Gasteiger partial charge in [-0.25, -0.2) is 0 Å². The van der Waals surface area contributed by atoms with Crippen molar-refractivity contribution in [3.05, 3.63) is 81.9 Å². The van der Waals surface area contributed by atoms with Crippen LogP contribution in [-0.4, -0.2) is 57.4 Å². The van der Waals surface area contributed by atoms with Gasteiger partial charge in [0.1, 0.15) is 0 Å². The van der Waals surface area contributed by atoms with Crippen LogP contribution in [-0.2, 0) is 11.3 Å². The van der Waals surface area contributed by atoms with Crippen molar-refractivity contribution in [3.8, 4) is 0 Å². The molecule has 3 aromatic rings. The number of likely N-dealkylation sites (tertiary alicyclic amines) is 1. The predicted octanol–water partition coefficient (Wildman–Crippen LogP) is 5.08. The highest BCUT2D eigenvalue weighted by Crippen LogP contribution is 2.33. The van der Waals surface area contributed by atoms with Gasteiger partial charge in [-0.1, -0.05) is 34.3 Å². The Morgan fingerprint density at radius 2 is 1.53 bits per heavy atom. The molecule has 2 aromatic carbocycles. The Labute approximate surface area is 217 Å². The smallest absolute Gasteiger partial charge is 0.253 e. The van der Waals surface area contributed by atoms with Crippen molar-refractivity contribution in [1.82, 2.24) is 19.4 Å². The van der Waals surface area contributed by atoms with Gasteiger partial charge in [-0.2, -0.15) is 0 Å². The zero-order valence-electron chi connectivity index (χ0n) is 21.2. The molecule has 7 nitrogen and oxygen atoms in total. The first-order valence-corrected chi connectivity index (χ1v) is 13.3. The average Bonchev–Trinajstić information content (AvgIpc) is 3.40. The fourth-order valence-electron chi connectivity index (χ4n) is 4.68. The minimum absolute atomic E-state index is 0.0604. The van der Waals surface area contributed by atoms with Crippen LogP contribution in [0.2, 0.25) is 0 Å². The zero-order valence-corrected chi connectivity index (χ0v) is 22.0. The highest BCUT2D eigenvalue weighted by Gasteiger charge is 2.21. The van der Waals surface area contributed by atoms with Gasteiger partial charge < -0.3 is 10.2 Å². The summed E-state index contributed by atoms with van der Waals surface area (Å²) in [5.74, 6) is -0.0253. The molecule has 0 spiro atoms. The monoisotopic (exact) mass is 503 g/mol. The van der Waals surface area contributed by atoms with E-state index in [-0.39, 0.29) is 11.8 Å². The number of aromatic nitrogens is 2. The van der Waals surface area contributed by atoms with E-state index in [1.54, 1.807) is 0 Å². The van der Waals surface area contributed by atoms with E-state index in [1.165, 1.54) is 29.6 Å². The van der Waals surface area contributed by atoms with Crippen LogP contribution in [0.3, 0.4) is 0 Å². The lowest BCUT2D eigenvalue weighted by Crippen LogP contribution is -2.31. The van der Waals surface area contributed by atoms with Crippen LogP contribution < -0.4 is 5.32 Å². The van der Waals surface area contributed by atoms with Crippen LogP contribution in [0.5, 0.6) is 0 Å². The molecule has 1 aliphatic heterocycles. The number of rotatable bonds is 8. The molecule has 0 bridgehead atoms.